The zero-order valence-corrected chi connectivity index (χ0v) is 13.7. The SMILES string of the molecule is CCCCCCN(CCO)C(=O)CC(CC)(CC)C(=O)O. The molecule has 0 aromatic carbocycles. The van der Waals surface area contributed by atoms with E-state index in [2.05, 4.69) is 6.92 Å². The molecule has 0 aliphatic heterocycles. The van der Waals surface area contributed by atoms with Crippen LogP contribution in [0.15, 0.2) is 0 Å². The van der Waals surface area contributed by atoms with Gasteiger partial charge in [-0.3, -0.25) is 9.59 Å². The van der Waals surface area contributed by atoms with Gasteiger partial charge in [0.1, 0.15) is 0 Å². The molecule has 0 aliphatic carbocycles. The molecule has 0 unspecified atom stereocenters. The Bertz CT molecular complexity index is 313. The number of carboxylic acids is 1. The molecule has 5 nitrogen and oxygen atoms in total. The quantitative estimate of drug-likeness (QED) is 0.543. The highest BCUT2D eigenvalue weighted by Gasteiger charge is 2.38. The van der Waals surface area contributed by atoms with E-state index in [1.807, 2.05) is 13.8 Å². The molecular formula is C16H31NO4. The molecule has 0 heterocycles. The average molecular weight is 301 g/mol. The first-order valence-electron chi connectivity index (χ1n) is 8.09. The van der Waals surface area contributed by atoms with Crippen LogP contribution in [-0.2, 0) is 9.59 Å². The van der Waals surface area contributed by atoms with Gasteiger partial charge in [0.05, 0.1) is 12.0 Å². The number of amides is 1. The Labute approximate surface area is 128 Å². The molecular weight excluding hydrogens is 270 g/mol. The summed E-state index contributed by atoms with van der Waals surface area (Å²) in [6, 6.07) is 0. The van der Waals surface area contributed by atoms with Crippen LogP contribution in [0, 0.1) is 5.41 Å². The van der Waals surface area contributed by atoms with E-state index in [0.717, 1.165) is 25.7 Å². The van der Waals surface area contributed by atoms with Crippen LogP contribution in [0.4, 0.5) is 0 Å². The lowest BCUT2D eigenvalue weighted by Crippen LogP contribution is -2.41. The zero-order chi connectivity index (χ0) is 16.3. The number of aliphatic hydroxyl groups is 1. The Kier molecular flexibility index (Phi) is 10.0. The first-order chi connectivity index (χ1) is 9.97. The highest BCUT2D eigenvalue weighted by atomic mass is 16.4. The molecule has 2 N–H and O–H groups in total. The van der Waals surface area contributed by atoms with Gasteiger partial charge in [-0.05, 0) is 19.3 Å². The molecule has 0 rings (SSSR count). The third-order valence-electron chi connectivity index (χ3n) is 4.30. The minimum absolute atomic E-state index is 0.0170. The van der Waals surface area contributed by atoms with E-state index in [9.17, 15) is 14.7 Å². The van der Waals surface area contributed by atoms with Gasteiger partial charge in [0, 0.05) is 19.5 Å². The van der Waals surface area contributed by atoms with Gasteiger partial charge in [-0.1, -0.05) is 40.0 Å². The molecule has 0 aromatic rings. The normalized spacial score (nSPS) is 11.4. The van der Waals surface area contributed by atoms with Crippen molar-refractivity contribution in [2.75, 3.05) is 19.7 Å². The number of carboxylic acid groups (broad SMARTS) is 1. The molecule has 21 heavy (non-hydrogen) atoms. The standard InChI is InChI=1S/C16H31NO4/c1-4-7-8-9-10-17(11-12-18)14(19)13-16(5-2,6-3)15(20)21/h18H,4-13H2,1-3H3,(H,20,21). The molecule has 5 heteroatoms. The fraction of sp³-hybridized carbons (Fsp3) is 0.875. The number of unbranched alkanes of at least 4 members (excludes halogenated alkanes) is 3. The van der Waals surface area contributed by atoms with E-state index in [1.165, 1.54) is 0 Å². The van der Waals surface area contributed by atoms with Crippen molar-refractivity contribution in [3.8, 4) is 0 Å². The number of carbonyl (C=O) groups is 2. The number of hydrogen-bond donors (Lipinski definition) is 2. The minimum atomic E-state index is -0.978. The van der Waals surface area contributed by atoms with Gasteiger partial charge < -0.3 is 15.1 Å². The number of carbonyl (C=O) groups excluding carboxylic acids is 1. The molecule has 0 saturated heterocycles. The highest BCUT2D eigenvalue weighted by molar-refractivity contribution is 5.85. The van der Waals surface area contributed by atoms with Gasteiger partial charge in [-0.2, -0.15) is 0 Å². The van der Waals surface area contributed by atoms with Crippen molar-refractivity contribution in [1.82, 2.24) is 4.90 Å². The van der Waals surface area contributed by atoms with Gasteiger partial charge in [0.15, 0.2) is 0 Å². The zero-order valence-electron chi connectivity index (χ0n) is 13.7. The van der Waals surface area contributed by atoms with E-state index in [0.29, 0.717) is 19.4 Å². The lowest BCUT2D eigenvalue weighted by Gasteiger charge is -2.30. The first-order valence-corrected chi connectivity index (χ1v) is 8.09. The van der Waals surface area contributed by atoms with Crippen LogP contribution >= 0.6 is 0 Å². The summed E-state index contributed by atoms with van der Waals surface area (Å²) in [7, 11) is 0. The number of aliphatic carboxylic acids is 1. The summed E-state index contributed by atoms with van der Waals surface area (Å²) >= 11 is 0. The van der Waals surface area contributed by atoms with Gasteiger partial charge in [0.25, 0.3) is 0 Å². The van der Waals surface area contributed by atoms with Crippen molar-refractivity contribution in [3.63, 3.8) is 0 Å². The second kappa shape index (κ2) is 10.6. The van der Waals surface area contributed by atoms with E-state index < -0.39 is 11.4 Å². The average Bonchev–Trinajstić information content (AvgIpc) is 2.47. The Balaban J connectivity index is 4.68. The van der Waals surface area contributed by atoms with E-state index in [4.69, 9.17) is 5.11 Å². The van der Waals surface area contributed by atoms with Crippen molar-refractivity contribution in [1.29, 1.82) is 0 Å². The summed E-state index contributed by atoms with van der Waals surface area (Å²) in [5.74, 6) is -1.07. The maximum absolute atomic E-state index is 12.4. The topological polar surface area (TPSA) is 77.8 Å². The molecule has 0 radical (unpaired) electrons. The van der Waals surface area contributed by atoms with Crippen molar-refractivity contribution < 1.29 is 19.8 Å². The molecule has 0 spiro atoms. The van der Waals surface area contributed by atoms with Crippen molar-refractivity contribution >= 4 is 11.9 Å². The smallest absolute Gasteiger partial charge is 0.310 e. The summed E-state index contributed by atoms with van der Waals surface area (Å²) in [6.07, 6.45) is 5.10. The van der Waals surface area contributed by atoms with E-state index in [1.54, 1.807) is 4.90 Å². The molecule has 0 aromatic heterocycles. The number of aliphatic hydroxyl groups excluding tert-OH is 1. The summed E-state index contributed by atoms with van der Waals surface area (Å²) in [5, 5.41) is 18.5. The Hall–Kier alpha value is -1.10. The third kappa shape index (κ3) is 6.46. The van der Waals surface area contributed by atoms with Gasteiger partial charge in [-0.25, -0.2) is 0 Å². The van der Waals surface area contributed by atoms with E-state index in [-0.39, 0.29) is 25.5 Å². The van der Waals surface area contributed by atoms with E-state index >= 15 is 0 Å². The second-order valence-electron chi connectivity index (χ2n) is 5.63. The molecule has 1 amide bonds. The van der Waals surface area contributed by atoms with Gasteiger partial charge in [0.2, 0.25) is 5.91 Å². The Morgan fingerprint density at radius 3 is 2.05 bits per heavy atom. The molecule has 0 fully saturated rings. The second-order valence-corrected chi connectivity index (χ2v) is 5.63. The van der Waals surface area contributed by atoms with Crippen LogP contribution in [0.3, 0.4) is 0 Å². The van der Waals surface area contributed by atoms with Crippen LogP contribution in [0.1, 0.15) is 65.7 Å². The van der Waals surface area contributed by atoms with Crippen LogP contribution in [0.5, 0.6) is 0 Å². The van der Waals surface area contributed by atoms with Crippen molar-refractivity contribution in [2.45, 2.75) is 65.7 Å². The van der Waals surface area contributed by atoms with Crippen LogP contribution in [0.25, 0.3) is 0 Å². The first kappa shape index (κ1) is 19.9. The molecule has 124 valence electrons. The highest BCUT2D eigenvalue weighted by Crippen LogP contribution is 2.31. The fourth-order valence-electron chi connectivity index (χ4n) is 2.49. The lowest BCUT2D eigenvalue weighted by molar-refractivity contribution is -0.154. The number of hydrogen-bond acceptors (Lipinski definition) is 3. The van der Waals surface area contributed by atoms with Crippen molar-refractivity contribution in [2.24, 2.45) is 5.41 Å². The van der Waals surface area contributed by atoms with Crippen LogP contribution < -0.4 is 0 Å². The summed E-state index contributed by atoms with van der Waals surface area (Å²) in [4.78, 5) is 25.5. The van der Waals surface area contributed by atoms with Crippen molar-refractivity contribution in [3.05, 3.63) is 0 Å². The largest absolute Gasteiger partial charge is 0.481 e. The fourth-order valence-corrected chi connectivity index (χ4v) is 2.49. The van der Waals surface area contributed by atoms with Gasteiger partial charge in [-0.15, -0.1) is 0 Å². The van der Waals surface area contributed by atoms with Crippen LogP contribution in [-0.4, -0.2) is 46.7 Å². The third-order valence-corrected chi connectivity index (χ3v) is 4.30. The maximum Gasteiger partial charge on any atom is 0.310 e. The predicted octanol–water partition coefficient (Wildman–Crippen LogP) is 2.67. The molecule has 0 atom stereocenters. The minimum Gasteiger partial charge on any atom is -0.481 e. The number of rotatable bonds is 12. The summed E-state index contributed by atoms with van der Waals surface area (Å²) in [6.45, 7) is 6.54. The lowest BCUT2D eigenvalue weighted by atomic mass is 9.79. The van der Waals surface area contributed by atoms with Gasteiger partial charge >= 0.3 is 5.97 Å². The summed E-state index contributed by atoms with van der Waals surface area (Å²) < 4.78 is 0. The van der Waals surface area contributed by atoms with Crippen LogP contribution in [0.2, 0.25) is 0 Å². The Morgan fingerprint density at radius 1 is 1.00 bits per heavy atom. The molecule has 0 aliphatic rings. The molecule has 0 bridgehead atoms. The number of nitrogens with zero attached hydrogens (tertiary/aromatic N) is 1. The summed E-state index contributed by atoms with van der Waals surface area (Å²) in [5.41, 5.74) is -0.978. The predicted molar refractivity (Wildman–Crippen MR) is 83.1 cm³/mol. The molecule has 0 saturated carbocycles. The Morgan fingerprint density at radius 2 is 1.62 bits per heavy atom. The monoisotopic (exact) mass is 301 g/mol. The maximum atomic E-state index is 12.4.